The molecule has 21 heavy (non-hydrogen) atoms. The van der Waals surface area contributed by atoms with Gasteiger partial charge in [0, 0.05) is 16.3 Å². The SMILES string of the molecule is Cc1cc(I)ccc1NC(=O)CSc1nnc(CN)n1C. The molecule has 0 aliphatic carbocycles. The molecule has 0 atom stereocenters. The number of carbonyl (C=O) groups is 1. The van der Waals surface area contributed by atoms with Crippen LogP contribution >= 0.6 is 34.4 Å². The Morgan fingerprint density at radius 2 is 2.24 bits per heavy atom. The van der Waals surface area contributed by atoms with Crippen LogP contribution in [0.1, 0.15) is 11.4 Å². The Hall–Kier alpha value is -1.13. The largest absolute Gasteiger partial charge is 0.325 e. The quantitative estimate of drug-likeness (QED) is 0.574. The Bertz CT molecular complexity index is 658. The Labute approximate surface area is 141 Å². The van der Waals surface area contributed by atoms with Crippen LogP contribution in [-0.4, -0.2) is 26.4 Å². The van der Waals surface area contributed by atoms with Crippen LogP contribution in [0, 0.1) is 10.5 Å². The highest BCUT2D eigenvalue weighted by atomic mass is 127. The molecule has 0 aliphatic heterocycles. The number of aromatic nitrogens is 3. The summed E-state index contributed by atoms with van der Waals surface area (Å²) in [7, 11) is 1.84. The van der Waals surface area contributed by atoms with Gasteiger partial charge in [-0.05, 0) is 53.3 Å². The lowest BCUT2D eigenvalue weighted by Gasteiger charge is -2.08. The first-order valence-electron chi connectivity index (χ1n) is 6.28. The number of hydrogen-bond acceptors (Lipinski definition) is 5. The number of aryl methyl sites for hydroxylation is 1. The summed E-state index contributed by atoms with van der Waals surface area (Å²) in [5.74, 6) is 0.912. The number of halogens is 1. The van der Waals surface area contributed by atoms with Gasteiger partial charge in [0.2, 0.25) is 5.91 Å². The van der Waals surface area contributed by atoms with Gasteiger partial charge in [-0.1, -0.05) is 11.8 Å². The zero-order chi connectivity index (χ0) is 15.4. The first-order valence-corrected chi connectivity index (χ1v) is 8.35. The van der Waals surface area contributed by atoms with Crippen LogP contribution in [0.5, 0.6) is 0 Å². The molecule has 0 unspecified atom stereocenters. The molecule has 2 aromatic rings. The predicted molar refractivity (Wildman–Crippen MR) is 92.1 cm³/mol. The molecule has 112 valence electrons. The summed E-state index contributed by atoms with van der Waals surface area (Å²) >= 11 is 3.58. The second-order valence-corrected chi connectivity index (χ2v) is 6.65. The summed E-state index contributed by atoms with van der Waals surface area (Å²) in [6.45, 7) is 2.30. The third kappa shape index (κ3) is 4.17. The summed E-state index contributed by atoms with van der Waals surface area (Å²) in [6.07, 6.45) is 0. The van der Waals surface area contributed by atoms with E-state index in [1.165, 1.54) is 11.8 Å². The highest BCUT2D eigenvalue weighted by Crippen LogP contribution is 2.19. The van der Waals surface area contributed by atoms with Gasteiger partial charge in [-0.3, -0.25) is 4.79 Å². The molecule has 0 radical (unpaired) electrons. The Morgan fingerprint density at radius 3 is 2.86 bits per heavy atom. The Kier molecular flexibility index (Phi) is 5.59. The van der Waals surface area contributed by atoms with E-state index in [0.29, 0.717) is 17.5 Å². The molecule has 1 amide bonds. The fraction of sp³-hybridized carbons (Fsp3) is 0.308. The van der Waals surface area contributed by atoms with E-state index in [9.17, 15) is 4.79 Å². The molecule has 0 bridgehead atoms. The smallest absolute Gasteiger partial charge is 0.234 e. The first-order chi connectivity index (χ1) is 10.0. The van der Waals surface area contributed by atoms with Gasteiger partial charge >= 0.3 is 0 Å². The number of benzene rings is 1. The number of carbonyl (C=O) groups excluding carboxylic acids is 1. The predicted octanol–water partition coefficient (Wildman–Crippen LogP) is 1.92. The van der Waals surface area contributed by atoms with Crippen molar-refractivity contribution in [2.24, 2.45) is 12.8 Å². The van der Waals surface area contributed by atoms with Crippen molar-refractivity contribution in [3.8, 4) is 0 Å². The number of thioether (sulfide) groups is 1. The number of amides is 1. The first kappa shape index (κ1) is 16.2. The van der Waals surface area contributed by atoms with Crippen molar-refractivity contribution < 1.29 is 4.79 Å². The zero-order valence-electron chi connectivity index (χ0n) is 11.8. The molecular formula is C13H16IN5OS. The molecule has 1 aromatic carbocycles. The zero-order valence-corrected chi connectivity index (χ0v) is 14.7. The molecule has 1 heterocycles. The molecular weight excluding hydrogens is 401 g/mol. The maximum atomic E-state index is 12.0. The average molecular weight is 417 g/mol. The van der Waals surface area contributed by atoms with Crippen LogP contribution < -0.4 is 11.1 Å². The third-order valence-corrected chi connectivity index (χ3v) is 4.59. The number of nitrogens with two attached hydrogens (primary N) is 1. The molecule has 3 N–H and O–H groups in total. The minimum absolute atomic E-state index is 0.0680. The van der Waals surface area contributed by atoms with Gasteiger partial charge in [0.1, 0.15) is 5.82 Å². The van der Waals surface area contributed by atoms with Crippen molar-refractivity contribution in [3.63, 3.8) is 0 Å². The van der Waals surface area contributed by atoms with Gasteiger partial charge in [0.25, 0.3) is 0 Å². The van der Waals surface area contributed by atoms with Crippen molar-refractivity contribution in [2.75, 3.05) is 11.1 Å². The summed E-state index contributed by atoms with van der Waals surface area (Å²) in [6, 6.07) is 5.90. The lowest BCUT2D eigenvalue weighted by atomic mass is 10.2. The summed E-state index contributed by atoms with van der Waals surface area (Å²) in [4.78, 5) is 12.0. The van der Waals surface area contributed by atoms with Crippen LogP contribution in [0.3, 0.4) is 0 Å². The van der Waals surface area contributed by atoms with Crippen molar-refractivity contribution in [2.45, 2.75) is 18.6 Å². The van der Waals surface area contributed by atoms with Crippen LogP contribution in [0.25, 0.3) is 0 Å². The third-order valence-electron chi connectivity index (χ3n) is 2.90. The van der Waals surface area contributed by atoms with E-state index >= 15 is 0 Å². The molecule has 2 rings (SSSR count). The summed E-state index contributed by atoms with van der Waals surface area (Å²) in [5.41, 5.74) is 7.42. The van der Waals surface area contributed by atoms with Gasteiger partial charge in [0.05, 0.1) is 12.3 Å². The van der Waals surface area contributed by atoms with E-state index in [4.69, 9.17) is 5.73 Å². The number of anilines is 1. The second kappa shape index (κ2) is 7.23. The lowest BCUT2D eigenvalue weighted by molar-refractivity contribution is -0.113. The number of nitrogens with zero attached hydrogens (tertiary/aromatic N) is 3. The van der Waals surface area contributed by atoms with E-state index in [-0.39, 0.29) is 11.7 Å². The molecule has 1 aromatic heterocycles. The average Bonchev–Trinajstić information content (AvgIpc) is 2.80. The van der Waals surface area contributed by atoms with Gasteiger partial charge in [-0.25, -0.2) is 0 Å². The van der Waals surface area contributed by atoms with E-state index in [0.717, 1.165) is 14.8 Å². The maximum Gasteiger partial charge on any atom is 0.234 e. The molecule has 8 heteroatoms. The highest BCUT2D eigenvalue weighted by Gasteiger charge is 2.11. The van der Waals surface area contributed by atoms with Crippen LogP contribution in [0.2, 0.25) is 0 Å². The number of nitrogens with one attached hydrogen (secondary N) is 1. The van der Waals surface area contributed by atoms with Crippen molar-refractivity contribution >= 4 is 45.9 Å². The van der Waals surface area contributed by atoms with Crippen LogP contribution in [-0.2, 0) is 18.4 Å². The molecule has 6 nitrogen and oxygen atoms in total. The normalized spacial score (nSPS) is 10.7. The van der Waals surface area contributed by atoms with Crippen LogP contribution in [0.4, 0.5) is 5.69 Å². The van der Waals surface area contributed by atoms with Gasteiger partial charge in [-0.2, -0.15) is 0 Å². The fourth-order valence-corrected chi connectivity index (χ4v) is 3.11. The maximum absolute atomic E-state index is 12.0. The molecule has 0 fully saturated rings. The van der Waals surface area contributed by atoms with E-state index < -0.39 is 0 Å². The number of rotatable bonds is 5. The van der Waals surface area contributed by atoms with Crippen molar-refractivity contribution in [1.82, 2.24) is 14.8 Å². The number of hydrogen-bond donors (Lipinski definition) is 2. The van der Waals surface area contributed by atoms with Gasteiger partial charge in [0.15, 0.2) is 5.16 Å². The van der Waals surface area contributed by atoms with Gasteiger partial charge < -0.3 is 15.6 Å². The minimum atomic E-state index is -0.0680. The molecule has 0 saturated carbocycles. The molecule has 0 saturated heterocycles. The second-order valence-electron chi connectivity index (χ2n) is 4.46. The topological polar surface area (TPSA) is 85.8 Å². The Morgan fingerprint density at radius 1 is 1.48 bits per heavy atom. The highest BCUT2D eigenvalue weighted by molar-refractivity contribution is 14.1. The van der Waals surface area contributed by atoms with Gasteiger partial charge in [-0.15, -0.1) is 10.2 Å². The lowest BCUT2D eigenvalue weighted by Crippen LogP contribution is -2.15. The summed E-state index contributed by atoms with van der Waals surface area (Å²) < 4.78 is 2.94. The molecule has 0 aliphatic rings. The van der Waals surface area contributed by atoms with Crippen molar-refractivity contribution in [3.05, 3.63) is 33.2 Å². The summed E-state index contributed by atoms with van der Waals surface area (Å²) in [5, 5.41) is 11.6. The monoisotopic (exact) mass is 417 g/mol. The minimum Gasteiger partial charge on any atom is -0.325 e. The Balaban J connectivity index is 1.94. The molecule has 0 spiro atoms. The van der Waals surface area contributed by atoms with Crippen molar-refractivity contribution in [1.29, 1.82) is 0 Å². The van der Waals surface area contributed by atoms with E-state index in [1.807, 2.05) is 32.2 Å². The van der Waals surface area contributed by atoms with E-state index in [1.54, 1.807) is 4.57 Å². The fourth-order valence-electron chi connectivity index (χ4n) is 1.73. The van der Waals surface area contributed by atoms with E-state index in [2.05, 4.69) is 38.1 Å². The standard InChI is InChI=1S/C13H16IN5OS/c1-8-5-9(14)3-4-10(8)16-12(20)7-21-13-18-17-11(6-15)19(13)2/h3-5H,6-7,15H2,1-2H3,(H,16,20). The van der Waals surface area contributed by atoms with Crippen LogP contribution in [0.15, 0.2) is 23.4 Å².